The third-order valence-corrected chi connectivity index (χ3v) is 4.71. The summed E-state index contributed by atoms with van der Waals surface area (Å²) in [6, 6.07) is 9.87. The normalized spacial score (nSPS) is 19.8. The molecular formula is C19H22N2O4. The molecule has 2 aromatic rings. The first kappa shape index (κ1) is 16.0. The van der Waals surface area contributed by atoms with Crippen LogP contribution in [0.4, 0.5) is 0 Å². The monoisotopic (exact) mass is 342 g/mol. The Kier molecular flexibility index (Phi) is 4.61. The van der Waals surface area contributed by atoms with Gasteiger partial charge in [0.25, 0.3) is 0 Å². The Balaban J connectivity index is 1.43. The second kappa shape index (κ2) is 7.19. The summed E-state index contributed by atoms with van der Waals surface area (Å²) in [6.07, 6.45) is 3.70. The standard InChI is InChI=1S/C19H22N2O4/c22-18(20-12-14-4-3-9-23-14)13-21-8-2-6-16(21)15-5-1-7-17-19(15)25-11-10-24-17/h1,3-5,7,9,16H,2,6,8,10-13H2,(H,20,22). The molecule has 1 atom stereocenters. The van der Waals surface area contributed by atoms with Gasteiger partial charge in [-0.05, 0) is 37.6 Å². The highest BCUT2D eigenvalue weighted by atomic mass is 16.6. The van der Waals surface area contributed by atoms with E-state index in [1.54, 1.807) is 6.26 Å². The Bertz CT molecular complexity index is 729. The Morgan fingerprint density at radius 2 is 2.12 bits per heavy atom. The smallest absolute Gasteiger partial charge is 0.234 e. The molecule has 0 aliphatic carbocycles. The number of para-hydroxylation sites is 1. The quantitative estimate of drug-likeness (QED) is 0.904. The molecular weight excluding hydrogens is 320 g/mol. The van der Waals surface area contributed by atoms with Gasteiger partial charge < -0.3 is 19.2 Å². The zero-order valence-corrected chi connectivity index (χ0v) is 14.1. The fourth-order valence-corrected chi connectivity index (χ4v) is 3.57. The van der Waals surface area contributed by atoms with E-state index >= 15 is 0 Å². The minimum atomic E-state index is 0.00488. The number of nitrogens with zero attached hydrogens (tertiary/aromatic N) is 1. The number of hydrogen-bond donors (Lipinski definition) is 1. The van der Waals surface area contributed by atoms with E-state index in [4.69, 9.17) is 13.9 Å². The van der Waals surface area contributed by atoms with Crippen molar-refractivity contribution in [3.8, 4) is 11.5 Å². The lowest BCUT2D eigenvalue weighted by Crippen LogP contribution is -2.36. The first-order valence-electron chi connectivity index (χ1n) is 8.73. The fraction of sp³-hybridized carbons (Fsp3) is 0.421. The van der Waals surface area contributed by atoms with Crippen molar-refractivity contribution < 1.29 is 18.7 Å². The van der Waals surface area contributed by atoms with Crippen LogP contribution in [0.25, 0.3) is 0 Å². The van der Waals surface area contributed by atoms with Crippen molar-refractivity contribution in [2.24, 2.45) is 0 Å². The maximum atomic E-state index is 12.3. The Hall–Kier alpha value is -2.47. The fourth-order valence-electron chi connectivity index (χ4n) is 3.57. The van der Waals surface area contributed by atoms with Gasteiger partial charge in [0.05, 0.1) is 19.4 Å². The van der Waals surface area contributed by atoms with Gasteiger partial charge in [0.2, 0.25) is 5.91 Å². The molecule has 1 N–H and O–H groups in total. The minimum Gasteiger partial charge on any atom is -0.486 e. The zero-order valence-electron chi connectivity index (χ0n) is 14.1. The summed E-state index contributed by atoms with van der Waals surface area (Å²) >= 11 is 0. The van der Waals surface area contributed by atoms with Gasteiger partial charge in [0.1, 0.15) is 19.0 Å². The van der Waals surface area contributed by atoms with Crippen LogP contribution in [0.5, 0.6) is 11.5 Å². The van der Waals surface area contributed by atoms with Crippen LogP contribution in [0.1, 0.15) is 30.2 Å². The molecule has 0 saturated carbocycles. The minimum absolute atomic E-state index is 0.00488. The van der Waals surface area contributed by atoms with E-state index in [-0.39, 0.29) is 11.9 Å². The molecule has 1 fully saturated rings. The number of rotatable bonds is 5. The molecule has 25 heavy (non-hydrogen) atoms. The summed E-state index contributed by atoms with van der Waals surface area (Å²) in [5.41, 5.74) is 1.12. The molecule has 1 amide bonds. The number of hydrogen-bond acceptors (Lipinski definition) is 5. The van der Waals surface area contributed by atoms with Crippen molar-refractivity contribution in [1.29, 1.82) is 0 Å². The van der Waals surface area contributed by atoms with Gasteiger partial charge in [-0.3, -0.25) is 9.69 Å². The molecule has 4 rings (SSSR count). The number of ether oxygens (including phenoxy) is 2. The SMILES string of the molecule is O=C(CN1CCCC1c1cccc2c1OCCO2)NCc1ccco1. The Labute approximate surface area is 146 Å². The van der Waals surface area contributed by atoms with Crippen molar-refractivity contribution in [1.82, 2.24) is 10.2 Å². The van der Waals surface area contributed by atoms with Crippen LogP contribution in [0.3, 0.4) is 0 Å². The zero-order chi connectivity index (χ0) is 17.1. The average molecular weight is 342 g/mol. The lowest BCUT2D eigenvalue weighted by molar-refractivity contribution is -0.122. The highest BCUT2D eigenvalue weighted by Crippen LogP contribution is 2.42. The predicted octanol–water partition coefficient (Wildman–Crippen LogP) is 2.50. The summed E-state index contributed by atoms with van der Waals surface area (Å²) < 4.78 is 16.8. The molecule has 1 unspecified atom stereocenters. The van der Waals surface area contributed by atoms with Crippen LogP contribution in [-0.4, -0.2) is 37.1 Å². The molecule has 0 radical (unpaired) electrons. The van der Waals surface area contributed by atoms with Gasteiger partial charge in [-0.25, -0.2) is 0 Å². The van der Waals surface area contributed by atoms with Gasteiger partial charge in [0, 0.05) is 11.6 Å². The molecule has 3 heterocycles. The number of likely N-dealkylation sites (tertiary alicyclic amines) is 1. The molecule has 0 spiro atoms. The Morgan fingerprint density at radius 1 is 1.20 bits per heavy atom. The molecule has 1 aromatic heterocycles. The number of amides is 1. The first-order chi connectivity index (χ1) is 12.3. The second-order valence-electron chi connectivity index (χ2n) is 6.36. The van der Waals surface area contributed by atoms with Gasteiger partial charge in [-0.2, -0.15) is 0 Å². The van der Waals surface area contributed by atoms with E-state index in [0.717, 1.165) is 42.2 Å². The van der Waals surface area contributed by atoms with Crippen molar-refractivity contribution in [3.63, 3.8) is 0 Å². The molecule has 1 saturated heterocycles. The van der Waals surface area contributed by atoms with Crippen molar-refractivity contribution >= 4 is 5.91 Å². The topological polar surface area (TPSA) is 63.9 Å². The highest BCUT2D eigenvalue weighted by molar-refractivity contribution is 5.78. The second-order valence-corrected chi connectivity index (χ2v) is 6.36. The highest BCUT2D eigenvalue weighted by Gasteiger charge is 2.31. The summed E-state index contributed by atoms with van der Waals surface area (Å²) in [4.78, 5) is 14.5. The maximum absolute atomic E-state index is 12.3. The summed E-state index contributed by atoms with van der Waals surface area (Å²) in [5.74, 6) is 2.40. The summed E-state index contributed by atoms with van der Waals surface area (Å²) in [6.45, 7) is 2.85. The van der Waals surface area contributed by atoms with Crippen LogP contribution < -0.4 is 14.8 Å². The van der Waals surface area contributed by atoms with E-state index in [1.165, 1.54) is 0 Å². The molecule has 0 bridgehead atoms. The third kappa shape index (κ3) is 3.49. The molecule has 6 nitrogen and oxygen atoms in total. The van der Waals surface area contributed by atoms with E-state index in [9.17, 15) is 4.79 Å². The van der Waals surface area contributed by atoms with Crippen LogP contribution in [0.15, 0.2) is 41.0 Å². The molecule has 1 aromatic carbocycles. The lowest BCUT2D eigenvalue weighted by Gasteiger charge is -2.28. The van der Waals surface area contributed by atoms with Crippen LogP contribution >= 0.6 is 0 Å². The van der Waals surface area contributed by atoms with Crippen molar-refractivity contribution in [2.45, 2.75) is 25.4 Å². The first-order valence-corrected chi connectivity index (χ1v) is 8.73. The number of nitrogens with one attached hydrogen (secondary N) is 1. The molecule has 132 valence electrons. The summed E-state index contributed by atoms with van der Waals surface area (Å²) in [5, 5.41) is 2.92. The molecule has 2 aliphatic heterocycles. The van der Waals surface area contributed by atoms with E-state index in [0.29, 0.717) is 26.3 Å². The van der Waals surface area contributed by atoms with Gasteiger partial charge >= 0.3 is 0 Å². The molecule has 2 aliphatic rings. The summed E-state index contributed by atoms with van der Waals surface area (Å²) in [7, 11) is 0. The molecule has 6 heteroatoms. The van der Waals surface area contributed by atoms with Gasteiger partial charge in [-0.15, -0.1) is 0 Å². The largest absolute Gasteiger partial charge is 0.486 e. The van der Waals surface area contributed by atoms with E-state index < -0.39 is 0 Å². The van der Waals surface area contributed by atoms with Crippen molar-refractivity contribution in [3.05, 3.63) is 47.9 Å². The van der Waals surface area contributed by atoms with E-state index in [1.807, 2.05) is 24.3 Å². The number of carbonyl (C=O) groups is 1. The predicted molar refractivity (Wildman–Crippen MR) is 91.5 cm³/mol. The van der Waals surface area contributed by atoms with Gasteiger partial charge in [0.15, 0.2) is 11.5 Å². The lowest BCUT2D eigenvalue weighted by atomic mass is 10.0. The van der Waals surface area contributed by atoms with Crippen molar-refractivity contribution in [2.75, 3.05) is 26.3 Å². The van der Waals surface area contributed by atoms with Crippen LogP contribution in [0.2, 0.25) is 0 Å². The number of furan rings is 1. The van der Waals surface area contributed by atoms with Crippen LogP contribution in [-0.2, 0) is 11.3 Å². The van der Waals surface area contributed by atoms with E-state index in [2.05, 4.69) is 16.3 Å². The number of benzene rings is 1. The van der Waals surface area contributed by atoms with Crippen LogP contribution in [0, 0.1) is 0 Å². The Morgan fingerprint density at radius 3 is 3.00 bits per heavy atom. The van der Waals surface area contributed by atoms with Gasteiger partial charge in [-0.1, -0.05) is 12.1 Å². The maximum Gasteiger partial charge on any atom is 0.234 e. The number of fused-ring (bicyclic) bond motifs is 1. The third-order valence-electron chi connectivity index (χ3n) is 4.71. The number of carbonyl (C=O) groups excluding carboxylic acids is 1. The average Bonchev–Trinajstić information content (AvgIpc) is 3.31.